The average molecular weight is 398 g/mol. The maximum Gasteiger partial charge on any atom is 0.326 e. The van der Waals surface area contributed by atoms with Gasteiger partial charge in [0.15, 0.2) is 0 Å². The number of carbonyl (C=O) groups excluding carboxylic acids is 1. The smallest absolute Gasteiger partial charge is 0.326 e. The van der Waals surface area contributed by atoms with E-state index in [-0.39, 0.29) is 23.1 Å². The van der Waals surface area contributed by atoms with E-state index in [2.05, 4.69) is 5.32 Å². The molecule has 0 spiro atoms. The zero-order valence-corrected chi connectivity index (χ0v) is 16.4. The minimum absolute atomic E-state index is 0.131. The molecule has 150 valence electrons. The predicted molar refractivity (Wildman–Crippen MR) is 98.7 cm³/mol. The lowest BCUT2D eigenvalue weighted by atomic mass is 10.0. The Labute approximate surface area is 159 Å². The van der Waals surface area contributed by atoms with Crippen LogP contribution in [0.3, 0.4) is 0 Å². The Morgan fingerprint density at radius 2 is 1.78 bits per heavy atom. The van der Waals surface area contributed by atoms with E-state index >= 15 is 0 Å². The molecule has 1 aliphatic heterocycles. The third-order valence-corrected chi connectivity index (χ3v) is 6.33. The Morgan fingerprint density at radius 3 is 2.30 bits per heavy atom. The number of sulfonamides is 1. The summed E-state index contributed by atoms with van der Waals surface area (Å²) in [4.78, 5) is 23.3. The van der Waals surface area contributed by atoms with Crippen LogP contribution in [0.4, 0.5) is 0 Å². The molecule has 0 aromatic heterocycles. The third kappa shape index (κ3) is 5.75. The van der Waals surface area contributed by atoms with Crippen LogP contribution in [0.5, 0.6) is 0 Å². The number of carboxylic acids is 1. The van der Waals surface area contributed by atoms with Gasteiger partial charge in [0.05, 0.1) is 18.1 Å². The van der Waals surface area contributed by atoms with Gasteiger partial charge < -0.3 is 15.2 Å². The molecule has 1 aromatic carbocycles. The summed E-state index contributed by atoms with van der Waals surface area (Å²) in [6, 6.07) is 5.51. The van der Waals surface area contributed by atoms with E-state index in [1.54, 1.807) is 26.0 Å². The summed E-state index contributed by atoms with van der Waals surface area (Å²) in [6.07, 6.45) is 0.528. The van der Waals surface area contributed by atoms with Gasteiger partial charge in [0.1, 0.15) is 6.04 Å². The van der Waals surface area contributed by atoms with Crippen molar-refractivity contribution in [1.29, 1.82) is 0 Å². The third-order valence-electron chi connectivity index (χ3n) is 4.42. The van der Waals surface area contributed by atoms with Crippen molar-refractivity contribution in [2.24, 2.45) is 5.92 Å². The van der Waals surface area contributed by atoms with E-state index in [1.807, 2.05) is 0 Å². The van der Waals surface area contributed by atoms with Gasteiger partial charge >= 0.3 is 5.97 Å². The summed E-state index contributed by atoms with van der Waals surface area (Å²) in [6.45, 7) is 4.91. The standard InChI is InChI=1S/C18H26N2O6S/c1-13(2)17(18(22)23)19-16(21)8-5-14-3-6-15(7-4-14)27(24,25)20-9-11-26-12-10-20/h3-4,6-7,13,17H,5,8-12H2,1-2H3,(H,19,21)(H,22,23)/t17-/m1/s1. The minimum Gasteiger partial charge on any atom is -0.480 e. The average Bonchev–Trinajstić information content (AvgIpc) is 2.65. The van der Waals surface area contributed by atoms with Gasteiger partial charge in [-0.05, 0) is 30.0 Å². The van der Waals surface area contributed by atoms with Crippen molar-refractivity contribution in [2.75, 3.05) is 26.3 Å². The molecule has 1 saturated heterocycles. The maximum absolute atomic E-state index is 12.6. The molecule has 8 nitrogen and oxygen atoms in total. The zero-order valence-electron chi connectivity index (χ0n) is 15.6. The van der Waals surface area contributed by atoms with E-state index in [9.17, 15) is 18.0 Å². The Balaban J connectivity index is 1.93. The lowest BCUT2D eigenvalue weighted by Gasteiger charge is -2.26. The molecule has 1 atom stereocenters. The molecule has 2 N–H and O–H groups in total. The van der Waals surface area contributed by atoms with Crippen molar-refractivity contribution >= 4 is 21.9 Å². The molecule has 0 unspecified atom stereocenters. The number of hydrogen-bond donors (Lipinski definition) is 2. The van der Waals surface area contributed by atoms with Gasteiger partial charge in [-0.25, -0.2) is 13.2 Å². The van der Waals surface area contributed by atoms with Gasteiger partial charge in [0.25, 0.3) is 0 Å². The Morgan fingerprint density at radius 1 is 1.19 bits per heavy atom. The van der Waals surface area contributed by atoms with Crippen LogP contribution in [-0.4, -0.2) is 62.1 Å². The number of nitrogens with zero attached hydrogens (tertiary/aromatic N) is 1. The Bertz CT molecular complexity index is 755. The topological polar surface area (TPSA) is 113 Å². The van der Waals surface area contributed by atoms with Crippen LogP contribution in [-0.2, 0) is 30.8 Å². The number of amides is 1. The molecule has 1 aliphatic rings. The fourth-order valence-electron chi connectivity index (χ4n) is 2.78. The Hall–Kier alpha value is -1.97. The number of carboxylic acid groups (broad SMARTS) is 1. The van der Waals surface area contributed by atoms with E-state index in [4.69, 9.17) is 9.84 Å². The highest BCUT2D eigenvalue weighted by Crippen LogP contribution is 2.18. The van der Waals surface area contributed by atoms with Gasteiger partial charge in [-0.3, -0.25) is 4.79 Å². The van der Waals surface area contributed by atoms with Crippen LogP contribution >= 0.6 is 0 Å². The quantitative estimate of drug-likeness (QED) is 0.672. The summed E-state index contributed by atoms with van der Waals surface area (Å²) < 4.78 is 31.7. The molecule has 1 fully saturated rings. The molecule has 1 heterocycles. The van der Waals surface area contributed by atoms with Crippen molar-refractivity contribution in [2.45, 2.75) is 37.6 Å². The molecule has 0 bridgehead atoms. The maximum atomic E-state index is 12.6. The highest BCUT2D eigenvalue weighted by Gasteiger charge is 2.26. The lowest BCUT2D eigenvalue weighted by molar-refractivity contribution is -0.143. The van der Waals surface area contributed by atoms with Crippen LogP contribution in [0.25, 0.3) is 0 Å². The number of ether oxygens (including phenoxy) is 1. The van der Waals surface area contributed by atoms with Gasteiger partial charge in [0, 0.05) is 19.5 Å². The van der Waals surface area contributed by atoms with Gasteiger partial charge in [0.2, 0.25) is 15.9 Å². The number of aliphatic carboxylic acids is 1. The van der Waals surface area contributed by atoms with Crippen LogP contribution < -0.4 is 5.32 Å². The van der Waals surface area contributed by atoms with E-state index < -0.39 is 22.0 Å². The molecule has 0 radical (unpaired) electrons. The number of aryl methyl sites for hydroxylation is 1. The summed E-state index contributed by atoms with van der Waals surface area (Å²) in [5.74, 6) is -1.62. The van der Waals surface area contributed by atoms with Gasteiger partial charge in [-0.15, -0.1) is 0 Å². The van der Waals surface area contributed by atoms with Crippen molar-refractivity contribution in [3.8, 4) is 0 Å². The normalized spacial score (nSPS) is 16.9. The summed E-state index contributed by atoms with van der Waals surface area (Å²) in [7, 11) is -3.54. The molecule has 2 rings (SSSR count). The number of rotatable bonds is 8. The van der Waals surface area contributed by atoms with Crippen LogP contribution in [0.15, 0.2) is 29.2 Å². The highest BCUT2D eigenvalue weighted by molar-refractivity contribution is 7.89. The second-order valence-corrected chi connectivity index (χ2v) is 8.73. The highest BCUT2D eigenvalue weighted by atomic mass is 32.2. The molecule has 9 heteroatoms. The van der Waals surface area contributed by atoms with Crippen molar-refractivity contribution in [3.05, 3.63) is 29.8 Å². The van der Waals surface area contributed by atoms with Gasteiger partial charge in [-0.1, -0.05) is 26.0 Å². The number of hydrogen-bond acceptors (Lipinski definition) is 5. The molecular formula is C18H26N2O6S. The molecule has 0 saturated carbocycles. The van der Waals surface area contributed by atoms with Crippen LogP contribution in [0.1, 0.15) is 25.8 Å². The SMILES string of the molecule is CC(C)[C@@H](NC(=O)CCc1ccc(S(=O)(=O)N2CCOCC2)cc1)C(=O)O. The zero-order chi connectivity index (χ0) is 20.0. The largest absolute Gasteiger partial charge is 0.480 e. The first kappa shape index (κ1) is 21.3. The molecule has 1 aromatic rings. The van der Waals surface area contributed by atoms with Crippen LogP contribution in [0, 0.1) is 5.92 Å². The number of carbonyl (C=O) groups is 2. The minimum atomic E-state index is -3.54. The second-order valence-electron chi connectivity index (χ2n) is 6.79. The van der Waals surface area contributed by atoms with Crippen molar-refractivity contribution in [3.63, 3.8) is 0 Å². The van der Waals surface area contributed by atoms with Crippen LogP contribution in [0.2, 0.25) is 0 Å². The molecule has 0 aliphatic carbocycles. The summed E-state index contributed by atoms with van der Waals surface area (Å²) >= 11 is 0. The molecule has 27 heavy (non-hydrogen) atoms. The number of benzene rings is 1. The first-order valence-electron chi connectivity index (χ1n) is 8.91. The monoisotopic (exact) mass is 398 g/mol. The first-order chi connectivity index (χ1) is 12.7. The number of morpholine rings is 1. The first-order valence-corrected chi connectivity index (χ1v) is 10.3. The van der Waals surface area contributed by atoms with Crippen molar-refractivity contribution in [1.82, 2.24) is 9.62 Å². The summed E-state index contributed by atoms with van der Waals surface area (Å²) in [5.41, 5.74) is 0.808. The van der Waals surface area contributed by atoms with E-state index in [0.29, 0.717) is 32.7 Å². The Kier molecular flexibility index (Phi) is 7.34. The fraction of sp³-hybridized carbons (Fsp3) is 0.556. The summed E-state index contributed by atoms with van der Waals surface area (Å²) in [5, 5.41) is 11.6. The lowest BCUT2D eigenvalue weighted by Crippen LogP contribution is -2.44. The molecule has 1 amide bonds. The second kappa shape index (κ2) is 9.29. The molecular weight excluding hydrogens is 372 g/mol. The number of nitrogens with one attached hydrogen (secondary N) is 1. The predicted octanol–water partition coefficient (Wildman–Crippen LogP) is 0.866. The van der Waals surface area contributed by atoms with E-state index in [0.717, 1.165) is 5.56 Å². The van der Waals surface area contributed by atoms with Crippen molar-refractivity contribution < 1.29 is 27.9 Å². The fourth-order valence-corrected chi connectivity index (χ4v) is 4.19. The van der Waals surface area contributed by atoms with Gasteiger partial charge in [-0.2, -0.15) is 4.31 Å². The van der Waals surface area contributed by atoms with E-state index in [1.165, 1.54) is 16.4 Å².